The normalized spacial score (nSPS) is 11.5. The summed E-state index contributed by atoms with van der Waals surface area (Å²) in [6.45, 7) is 7.56. The van der Waals surface area contributed by atoms with Crippen molar-refractivity contribution >= 4 is 23.5 Å². The number of carbonyl (C=O) groups is 3. The molecule has 0 spiro atoms. The number of carbonyl (C=O) groups excluding carboxylic acids is 3. The minimum Gasteiger partial charge on any atom is -0.462 e. The SMILES string of the molecule is CCNC(=O)C[NH+](CC)CC(=O)Nc1ccc(C(=O)OCC)cc1. The van der Waals surface area contributed by atoms with Gasteiger partial charge in [0.1, 0.15) is 0 Å². The maximum Gasteiger partial charge on any atom is 0.338 e. The van der Waals surface area contributed by atoms with Crippen molar-refractivity contribution in [2.24, 2.45) is 0 Å². The first-order valence-corrected chi connectivity index (χ1v) is 8.17. The Balaban J connectivity index is 2.54. The summed E-state index contributed by atoms with van der Waals surface area (Å²) in [5.74, 6) is -0.639. The summed E-state index contributed by atoms with van der Waals surface area (Å²) in [6.07, 6.45) is 0. The van der Waals surface area contributed by atoms with Crippen molar-refractivity contribution in [2.45, 2.75) is 20.8 Å². The average molecular weight is 336 g/mol. The third-order valence-corrected chi connectivity index (χ3v) is 3.37. The van der Waals surface area contributed by atoms with Gasteiger partial charge in [-0.1, -0.05) is 0 Å². The number of hydrogen-bond acceptors (Lipinski definition) is 4. The molecule has 0 aliphatic rings. The molecular formula is C17H26N3O4+. The lowest BCUT2D eigenvalue weighted by Crippen LogP contribution is -3.14. The highest BCUT2D eigenvalue weighted by molar-refractivity contribution is 5.93. The fourth-order valence-electron chi connectivity index (χ4n) is 2.14. The van der Waals surface area contributed by atoms with Crippen molar-refractivity contribution in [1.29, 1.82) is 0 Å². The number of rotatable bonds is 9. The zero-order valence-electron chi connectivity index (χ0n) is 14.5. The van der Waals surface area contributed by atoms with E-state index in [1.807, 2.05) is 13.8 Å². The van der Waals surface area contributed by atoms with Gasteiger partial charge in [-0.15, -0.1) is 0 Å². The second-order valence-corrected chi connectivity index (χ2v) is 5.26. The van der Waals surface area contributed by atoms with Gasteiger partial charge < -0.3 is 20.3 Å². The Labute approximate surface area is 142 Å². The van der Waals surface area contributed by atoms with Gasteiger partial charge in [0.05, 0.1) is 18.7 Å². The molecule has 0 saturated carbocycles. The molecule has 2 amide bonds. The average Bonchev–Trinajstić information content (AvgIpc) is 2.55. The molecule has 0 saturated heterocycles. The van der Waals surface area contributed by atoms with Crippen LogP contribution in [-0.4, -0.2) is 50.6 Å². The Kier molecular flexibility index (Phi) is 8.49. The van der Waals surface area contributed by atoms with Crippen LogP contribution in [0.1, 0.15) is 31.1 Å². The second-order valence-electron chi connectivity index (χ2n) is 5.26. The van der Waals surface area contributed by atoms with Gasteiger partial charge in [-0.3, -0.25) is 9.59 Å². The first-order valence-electron chi connectivity index (χ1n) is 8.17. The standard InChI is InChI=1S/C17H25N3O4/c1-4-18-15(21)11-20(5-2)12-16(22)19-14-9-7-13(8-10-14)17(23)24-6-3/h7-10H,4-6,11-12H2,1-3H3,(H,18,21)(H,19,22)/p+1. The number of likely N-dealkylation sites (N-methyl/N-ethyl adjacent to an activating group) is 2. The number of quaternary nitrogens is 1. The summed E-state index contributed by atoms with van der Waals surface area (Å²) < 4.78 is 4.91. The zero-order chi connectivity index (χ0) is 17.9. The van der Waals surface area contributed by atoms with Gasteiger partial charge in [-0.2, -0.15) is 0 Å². The zero-order valence-corrected chi connectivity index (χ0v) is 14.5. The molecule has 1 aromatic carbocycles. The van der Waals surface area contributed by atoms with Gasteiger partial charge in [0, 0.05) is 12.2 Å². The van der Waals surface area contributed by atoms with E-state index in [1.54, 1.807) is 31.2 Å². The van der Waals surface area contributed by atoms with Gasteiger partial charge in [0.2, 0.25) is 0 Å². The van der Waals surface area contributed by atoms with E-state index in [4.69, 9.17) is 4.74 Å². The molecule has 0 bridgehead atoms. The van der Waals surface area contributed by atoms with Crippen LogP contribution >= 0.6 is 0 Å². The Morgan fingerprint density at radius 2 is 1.62 bits per heavy atom. The number of anilines is 1. The number of nitrogens with one attached hydrogen (secondary N) is 3. The first kappa shape index (κ1) is 19.6. The van der Waals surface area contributed by atoms with Gasteiger partial charge >= 0.3 is 5.97 Å². The molecule has 0 fully saturated rings. The summed E-state index contributed by atoms with van der Waals surface area (Å²) >= 11 is 0. The van der Waals surface area contributed by atoms with Crippen LogP contribution in [0.2, 0.25) is 0 Å². The topological polar surface area (TPSA) is 88.9 Å². The van der Waals surface area contributed by atoms with Crippen LogP contribution < -0.4 is 15.5 Å². The molecular weight excluding hydrogens is 310 g/mol. The highest BCUT2D eigenvalue weighted by atomic mass is 16.5. The van der Waals surface area contributed by atoms with Crippen LogP contribution in [0.4, 0.5) is 5.69 Å². The molecule has 3 N–H and O–H groups in total. The van der Waals surface area contributed by atoms with Gasteiger partial charge in [-0.25, -0.2) is 4.79 Å². The Hall–Kier alpha value is -2.41. The van der Waals surface area contributed by atoms with Crippen molar-refractivity contribution in [1.82, 2.24) is 5.32 Å². The molecule has 132 valence electrons. The maximum absolute atomic E-state index is 12.1. The Morgan fingerprint density at radius 1 is 1.00 bits per heavy atom. The summed E-state index contributed by atoms with van der Waals surface area (Å²) in [6, 6.07) is 6.51. The number of benzene rings is 1. The smallest absolute Gasteiger partial charge is 0.338 e. The molecule has 7 nitrogen and oxygen atoms in total. The molecule has 1 aromatic rings. The second kappa shape index (κ2) is 10.4. The van der Waals surface area contributed by atoms with Crippen molar-refractivity contribution in [3.8, 4) is 0 Å². The van der Waals surface area contributed by atoms with E-state index in [9.17, 15) is 14.4 Å². The van der Waals surface area contributed by atoms with E-state index in [-0.39, 0.29) is 30.9 Å². The number of ether oxygens (including phenoxy) is 1. The molecule has 0 aromatic heterocycles. The molecule has 1 atom stereocenters. The van der Waals surface area contributed by atoms with E-state index < -0.39 is 0 Å². The molecule has 1 rings (SSSR count). The summed E-state index contributed by atoms with van der Waals surface area (Å²) in [4.78, 5) is 36.1. The predicted octanol–water partition coefficient (Wildman–Crippen LogP) is -0.157. The van der Waals surface area contributed by atoms with Crippen LogP contribution in [0.25, 0.3) is 0 Å². The van der Waals surface area contributed by atoms with Crippen LogP contribution in [0.3, 0.4) is 0 Å². The third-order valence-electron chi connectivity index (χ3n) is 3.37. The lowest BCUT2D eigenvalue weighted by Gasteiger charge is -2.16. The largest absolute Gasteiger partial charge is 0.462 e. The Bertz CT molecular complexity index is 557. The van der Waals surface area contributed by atoms with Crippen LogP contribution in [-0.2, 0) is 14.3 Å². The molecule has 0 aliphatic carbocycles. The van der Waals surface area contributed by atoms with Crippen LogP contribution in [0, 0.1) is 0 Å². The van der Waals surface area contributed by atoms with E-state index in [2.05, 4.69) is 10.6 Å². The van der Waals surface area contributed by atoms with E-state index in [0.717, 1.165) is 4.90 Å². The van der Waals surface area contributed by atoms with Gasteiger partial charge in [0.25, 0.3) is 11.8 Å². The highest BCUT2D eigenvalue weighted by Gasteiger charge is 2.16. The minimum absolute atomic E-state index is 0.0686. The van der Waals surface area contributed by atoms with Crippen LogP contribution in [0.15, 0.2) is 24.3 Å². The fourth-order valence-corrected chi connectivity index (χ4v) is 2.14. The van der Waals surface area contributed by atoms with Crippen LogP contribution in [0.5, 0.6) is 0 Å². The van der Waals surface area contributed by atoms with Gasteiger partial charge in [-0.05, 0) is 45.0 Å². The van der Waals surface area contributed by atoms with E-state index >= 15 is 0 Å². The maximum atomic E-state index is 12.1. The molecule has 0 aliphatic heterocycles. The molecule has 24 heavy (non-hydrogen) atoms. The Morgan fingerprint density at radius 3 is 2.17 bits per heavy atom. The highest BCUT2D eigenvalue weighted by Crippen LogP contribution is 2.10. The van der Waals surface area contributed by atoms with Crippen molar-refractivity contribution in [2.75, 3.05) is 38.1 Å². The van der Waals surface area contributed by atoms with Crippen molar-refractivity contribution in [3.05, 3.63) is 29.8 Å². The summed E-state index contributed by atoms with van der Waals surface area (Å²) in [5, 5.41) is 5.49. The van der Waals surface area contributed by atoms with Crippen molar-refractivity contribution in [3.63, 3.8) is 0 Å². The first-order chi connectivity index (χ1) is 11.5. The lowest BCUT2D eigenvalue weighted by atomic mass is 10.2. The van der Waals surface area contributed by atoms with Crippen molar-refractivity contribution < 1.29 is 24.0 Å². The lowest BCUT2D eigenvalue weighted by molar-refractivity contribution is -0.881. The van der Waals surface area contributed by atoms with E-state index in [1.165, 1.54) is 0 Å². The third kappa shape index (κ3) is 6.78. The quantitative estimate of drug-likeness (QED) is 0.547. The number of hydrogen-bond donors (Lipinski definition) is 3. The van der Waals surface area contributed by atoms with E-state index in [0.29, 0.717) is 30.9 Å². The fraction of sp³-hybridized carbons (Fsp3) is 0.471. The summed E-state index contributed by atoms with van der Waals surface area (Å²) in [5.41, 5.74) is 1.04. The monoisotopic (exact) mass is 336 g/mol. The van der Waals surface area contributed by atoms with Gasteiger partial charge in [0.15, 0.2) is 13.1 Å². The minimum atomic E-state index is -0.390. The predicted molar refractivity (Wildman–Crippen MR) is 90.9 cm³/mol. The molecule has 7 heteroatoms. The molecule has 0 radical (unpaired) electrons. The number of esters is 1. The summed E-state index contributed by atoms with van der Waals surface area (Å²) in [7, 11) is 0. The number of amides is 2. The molecule has 1 unspecified atom stereocenters. The molecule has 0 heterocycles.